The second-order valence-electron chi connectivity index (χ2n) is 11.9. The number of guanidine groups is 1. The molecule has 5 rings (SSSR count). The topological polar surface area (TPSA) is 118 Å². The van der Waals surface area contributed by atoms with Crippen LogP contribution in [0.5, 0.6) is 0 Å². The summed E-state index contributed by atoms with van der Waals surface area (Å²) in [4.78, 5) is 20.9. The van der Waals surface area contributed by atoms with Gasteiger partial charge in [-0.2, -0.15) is 11.8 Å². The number of hydroxylamine groups is 4. The van der Waals surface area contributed by atoms with Crippen molar-refractivity contribution in [3.8, 4) is 0 Å². The highest BCUT2D eigenvalue weighted by Gasteiger charge is 2.37. The first-order chi connectivity index (χ1) is 19.0. The van der Waals surface area contributed by atoms with Crippen LogP contribution in [-0.4, -0.2) is 102 Å². The molecule has 0 saturated carbocycles. The van der Waals surface area contributed by atoms with Crippen LogP contribution in [0.4, 0.5) is 0 Å². The summed E-state index contributed by atoms with van der Waals surface area (Å²) >= 11 is 2.02. The molecule has 5 heterocycles. The summed E-state index contributed by atoms with van der Waals surface area (Å²) in [5.41, 5.74) is 0. The molecular weight excluding hydrogens is 514 g/mol. The fourth-order valence-corrected chi connectivity index (χ4v) is 8.04. The molecule has 10 nitrogen and oxygen atoms in total. The lowest BCUT2D eigenvalue weighted by Crippen LogP contribution is -2.58. The highest BCUT2D eigenvalue weighted by molar-refractivity contribution is 7.99. The average Bonchev–Trinajstić information content (AvgIpc) is 3.25. The highest BCUT2D eigenvalue weighted by Crippen LogP contribution is 2.31. The van der Waals surface area contributed by atoms with E-state index in [0.29, 0.717) is 12.6 Å². The molecular formula is C28H48N7O3S-. The molecule has 0 aliphatic carbocycles. The molecule has 0 aromatic heterocycles. The van der Waals surface area contributed by atoms with Crippen molar-refractivity contribution in [3.63, 3.8) is 0 Å². The van der Waals surface area contributed by atoms with Crippen LogP contribution in [0.2, 0.25) is 0 Å². The van der Waals surface area contributed by atoms with Crippen LogP contribution in [0.1, 0.15) is 70.6 Å². The van der Waals surface area contributed by atoms with Gasteiger partial charge in [-0.3, -0.25) is 15.0 Å². The predicted octanol–water partition coefficient (Wildman–Crippen LogP) is 2.71. The summed E-state index contributed by atoms with van der Waals surface area (Å²) in [6, 6.07) is 0.488. The van der Waals surface area contributed by atoms with Crippen molar-refractivity contribution in [3.05, 3.63) is 22.3 Å². The van der Waals surface area contributed by atoms with Gasteiger partial charge in [0.2, 0.25) is 5.91 Å². The van der Waals surface area contributed by atoms with Crippen molar-refractivity contribution in [1.82, 2.24) is 25.8 Å². The number of rotatable bonds is 7. The molecule has 220 valence electrons. The Bertz CT molecular complexity index is 865. The van der Waals surface area contributed by atoms with Crippen LogP contribution in [-0.2, 0) is 4.79 Å². The minimum Gasteiger partial charge on any atom is -0.624 e. The van der Waals surface area contributed by atoms with Crippen LogP contribution in [0.3, 0.4) is 0 Å². The van der Waals surface area contributed by atoms with Crippen molar-refractivity contribution < 1.29 is 9.60 Å². The normalized spacial score (nSPS) is 30.9. The van der Waals surface area contributed by atoms with Crippen molar-refractivity contribution in [2.24, 2.45) is 10.9 Å². The van der Waals surface area contributed by atoms with Gasteiger partial charge in [0.15, 0.2) is 0 Å². The third-order valence-corrected chi connectivity index (χ3v) is 10.3. The van der Waals surface area contributed by atoms with E-state index in [2.05, 4.69) is 25.8 Å². The standard InChI is InChI=1S/C28H48N7O3S/c36-27(22-7-13-29-14-8-22)30-15-9-25-24(6-5-18-34(25)23-11-20-39-21-12-23)31-28-32-26(10-19-35(28,37)38)33-16-3-1-2-4-17-33/h10,22-25,29H,1-9,11-21H2,(H,30,36)(H,31,32)/q-1. The number of likely N-dealkylation sites (tertiary alicyclic amines) is 2. The minimum atomic E-state index is -1.73. The van der Waals surface area contributed by atoms with E-state index in [4.69, 9.17) is 4.99 Å². The molecule has 2 atom stereocenters. The number of nitrogens with one attached hydrogen (secondary N) is 3. The minimum absolute atomic E-state index is 0.00605. The average molecular weight is 563 g/mol. The third-order valence-electron chi connectivity index (χ3n) is 9.22. The largest absolute Gasteiger partial charge is 0.624 e. The fraction of sp³-hybridized carbons (Fsp3) is 0.857. The Morgan fingerprint density at radius 2 is 1.77 bits per heavy atom. The Morgan fingerprint density at radius 1 is 1.03 bits per heavy atom. The molecule has 0 radical (unpaired) electrons. The van der Waals surface area contributed by atoms with Crippen LogP contribution < -0.4 is 16.0 Å². The number of carbonyl (C=O) groups is 1. The molecule has 2 unspecified atom stereocenters. The maximum atomic E-state index is 13.0. The molecule has 11 heteroatoms. The second kappa shape index (κ2) is 14.0. The maximum Gasteiger partial charge on any atom is 0.304 e. The van der Waals surface area contributed by atoms with Crippen LogP contribution in [0.25, 0.3) is 0 Å². The van der Waals surface area contributed by atoms with Crippen molar-refractivity contribution in [2.45, 2.75) is 88.8 Å². The summed E-state index contributed by atoms with van der Waals surface area (Å²) in [7, 11) is 0. The molecule has 0 spiro atoms. The Kier molecular flexibility index (Phi) is 10.5. The van der Waals surface area contributed by atoms with Gasteiger partial charge in [0.1, 0.15) is 12.4 Å². The lowest BCUT2D eigenvalue weighted by atomic mass is 9.90. The number of nitrogens with zero attached hydrogens (tertiary/aromatic N) is 4. The SMILES string of the molecule is O=C(NCCC1C(N=C2NC(N3CCCCCC3)=CC[N+]2([O-])[O-])CCCN1C1CCSCC1)C1CCNCC1. The molecule has 4 fully saturated rings. The van der Waals surface area contributed by atoms with Crippen LogP contribution in [0.15, 0.2) is 16.9 Å². The second-order valence-corrected chi connectivity index (χ2v) is 13.1. The first-order valence-corrected chi connectivity index (χ1v) is 16.6. The number of aliphatic imine (C=N–C) groups is 1. The van der Waals surface area contributed by atoms with E-state index < -0.39 is 4.81 Å². The Balaban J connectivity index is 1.30. The predicted molar refractivity (Wildman–Crippen MR) is 158 cm³/mol. The van der Waals surface area contributed by atoms with Gasteiger partial charge in [0.25, 0.3) is 0 Å². The van der Waals surface area contributed by atoms with E-state index in [9.17, 15) is 15.2 Å². The molecule has 39 heavy (non-hydrogen) atoms. The number of piperidine rings is 2. The van der Waals surface area contributed by atoms with Crippen LogP contribution in [0, 0.1) is 16.3 Å². The van der Waals surface area contributed by atoms with Gasteiger partial charge in [-0.15, -0.1) is 0 Å². The summed E-state index contributed by atoms with van der Waals surface area (Å²) in [5, 5.41) is 35.8. The third kappa shape index (κ3) is 7.68. The van der Waals surface area contributed by atoms with E-state index in [-0.39, 0.29) is 36.4 Å². The smallest absolute Gasteiger partial charge is 0.304 e. The number of carbonyl (C=O) groups excluding carboxylic acids is 1. The quantitative estimate of drug-likeness (QED) is 0.320. The van der Waals surface area contributed by atoms with E-state index in [0.717, 1.165) is 96.3 Å². The van der Waals surface area contributed by atoms with E-state index >= 15 is 0 Å². The van der Waals surface area contributed by atoms with Gasteiger partial charge in [-0.05, 0) is 88.9 Å². The highest BCUT2D eigenvalue weighted by atomic mass is 32.2. The molecule has 5 aliphatic rings. The monoisotopic (exact) mass is 562 g/mol. The maximum absolute atomic E-state index is 13.0. The summed E-state index contributed by atoms with van der Waals surface area (Å²) in [6.07, 6.45) is 13.2. The van der Waals surface area contributed by atoms with Crippen molar-refractivity contribution in [1.29, 1.82) is 0 Å². The van der Waals surface area contributed by atoms with Gasteiger partial charge < -0.3 is 30.8 Å². The van der Waals surface area contributed by atoms with Gasteiger partial charge in [0.05, 0.1) is 6.04 Å². The number of thioether (sulfide) groups is 1. The molecule has 0 aromatic rings. The zero-order valence-electron chi connectivity index (χ0n) is 23.5. The Labute approximate surface area is 238 Å². The van der Waals surface area contributed by atoms with Crippen LogP contribution >= 0.6 is 11.8 Å². The Hall–Kier alpha value is -1.37. The van der Waals surface area contributed by atoms with E-state index in [1.807, 2.05) is 11.8 Å². The number of quaternary nitrogens is 1. The van der Waals surface area contributed by atoms with Gasteiger partial charge in [0, 0.05) is 43.7 Å². The summed E-state index contributed by atoms with van der Waals surface area (Å²) < 4.78 is 0. The lowest BCUT2D eigenvalue weighted by Gasteiger charge is -2.50. The van der Waals surface area contributed by atoms with E-state index in [1.165, 1.54) is 24.3 Å². The Morgan fingerprint density at radius 3 is 2.51 bits per heavy atom. The summed E-state index contributed by atoms with van der Waals surface area (Å²) in [6.45, 7) is 5.18. The van der Waals surface area contributed by atoms with Gasteiger partial charge in [-0.1, -0.05) is 12.8 Å². The molecule has 5 aliphatic heterocycles. The zero-order valence-corrected chi connectivity index (χ0v) is 24.3. The zero-order chi connectivity index (χ0) is 27.1. The lowest BCUT2D eigenvalue weighted by molar-refractivity contribution is -0.731. The first kappa shape index (κ1) is 29.1. The molecule has 4 saturated heterocycles. The molecule has 0 aromatic carbocycles. The number of amides is 1. The fourth-order valence-electron chi connectivity index (χ4n) is 6.95. The van der Waals surface area contributed by atoms with Crippen molar-refractivity contribution >= 4 is 23.6 Å². The first-order valence-electron chi connectivity index (χ1n) is 15.4. The molecule has 0 bridgehead atoms. The van der Waals surface area contributed by atoms with E-state index in [1.54, 1.807) is 6.08 Å². The number of hydrogen-bond donors (Lipinski definition) is 3. The molecule has 1 amide bonds. The van der Waals surface area contributed by atoms with Gasteiger partial charge in [-0.25, -0.2) is 4.99 Å². The van der Waals surface area contributed by atoms with Gasteiger partial charge >= 0.3 is 5.96 Å². The summed E-state index contributed by atoms with van der Waals surface area (Å²) in [5.74, 6) is 3.48. The molecule has 3 N–H and O–H groups in total. The number of hydrogen-bond acceptors (Lipinski definition) is 8. The van der Waals surface area contributed by atoms with Crippen molar-refractivity contribution in [2.75, 3.05) is 57.3 Å².